The fourth-order valence-electron chi connectivity index (χ4n) is 2.24. The summed E-state index contributed by atoms with van der Waals surface area (Å²) in [6.45, 7) is 1.27. The highest BCUT2D eigenvalue weighted by atomic mass is 16.5. The van der Waals surface area contributed by atoms with E-state index in [-0.39, 0.29) is 5.91 Å². The standard InChI is InChI=1S/C18H20N6O2/c1-23(2)9-10-26-16-6-4-3-5-15(16)18(25)22-14-7-8-17(20-11-14)24-13-19-12-21-24/h3-8,11-13H,9-10H2,1-2H3,(H,22,25). The molecule has 1 amide bonds. The van der Waals surface area contributed by atoms with E-state index in [1.165, 1.54) is 6.33 Å². The molecule has 8 nitrogen and oxygen atoms in total. The SMILES string of the molecule is CN(C)CCOc1ccccc1C(=O)Nc1ccc(-n2cncn2)nc1. The zero-order chi connectivity index (χ0) is 18.4. The second-order valence-electron chi connectivity index (χ2n) is 5.85. The van der Waals surface area contributed by atoms with Gasteiger partial charge in [0.25, 0.3) is 5.91 Å². The summed E-state index contributed by atoms with van der Waals surface area (Å²) in [7, 11) is 3.94. The number of benzene rings is 1. The zero-order valence-corrected chi connectivity index (χ0v) is 14.7. The average Bonchev–Trinajstić information content (AvgIpc) is 3.17. The molecule has 134 valence electrons. The number of carbonyl (C=O) groups excluding carboxylic acids is 1. The van der Waals surface area contributed by atoms with Crippen LogP contribution >= 0.6 is 0 Å². The number of para-hydroxylation sites is 1. The maximum atomic E-state index is 12.6. The molecule has 26 heavy (non-hydrogen) atoms. The lowest BCUT2D eigenvalue weighted by molar-refractivity contribution is 0.102. The Bertz CT molecular complexity index is 846. The van der Waals surface area contributed by atoms with Crippen molar-refractivity contribution in [2.45, 2.75) is 0 Å². The van der Waals surface area contributed by atoms with Gasteiger partial charge in [-0.3, -0.25) is 4.79 Å². The molecule has 0 fully saturated rings. The molecule has 0 atom stereocenters. The Morgan fingerprint density at radius 1 is 1.23 bits per heavy atom. The summed E-state index contributed by atoms with van der Waals surface area (Å²) >= 11 is 0. The van der Waals surface area contributed by atoms with Gasteiger partial charge >= 0.3 is 0 Å². The van der Waals surface area contributed by atoms with Crippen LogP contribution in [0.1, 0.15) is 10.4 Å². The van der Waals surface area contributed by atoms with Crippen LogP contribution in [0.25, 0.3) is 5.82 Å². The molecule has 2 heterocycles. The second kappa shape index (κ2) is 8.21. The Morgan fingerprint density at radius 2 is 2.08 bits per heavy atom. The maximum absolute atomic E-state index is 12.6. The summed E-state index contributed by atoms with van der Waals surface area (Å²) in [6, 6.07) is 10.7. The normalized spacial score (nSPS) is 10.7. The third-order valence-electron chi connectivity index (χ3n) is 3.59. The molecule has 0 aliphatic heterocycles. The van der Waals surface area contributed by atoms with Gasteiger partial charge in [-0.1, -0.05) is 12.1 Å². The number of nitrogens with zero attached hydrogens (tertiary/aromatic N) is 5. The lowest BCUT2D eigenvalue weighted by Gasteiger charge is -2.14. The first-order valence-electron chi connectivity index (χ1n) is 8.12. The Morgan fingerprint density at radius 3 is 2.77 bits per heavy atom. The molecule has 3 aromatic rings. The Kier molecular flexibility index (Phi) is 5.55. The van der Waals surface area contributed by atoms with Gasteiger partial charge in [0.1, 0.15) is 25.0 Å². The van der Waals surface area contributed by atoms with E-state index < -0.39 is 0 Å². The maximum Gasteiger partial charge on any atom is 0.259 e. The van der Waals surface area contributed by atoms with Crippen molar-refractivity contribution in [1.29, 1.82) is 0 Å². The van der Waals surface area contributed by atoms with Gasteiger partial charge in [-0.25, -0.2) is 14.6 Å². The van der Waals surface area contributed by atoms with Gasteiger partial charge in [0.15, 0.2) is 5.82 Å². The van der Waals surface area contributed by atoms with Crippen molar-refractivity contribution in [2.24, 2.45) is 0 Å². The fourth-order valence-corrected chi connectivity index (χ4v) is 2.24. The van der Waals surface area contributed by atoms with Crippen molar-refractivity contribution in [1.82, 2.24) is 24.6 Å². The predicted octanol–water partition coefficient (Wildman–Crippen LogP) is 1.85. The van der Waals surface area contributed by atoms with Crippen LogP contribution in [0.3, 0.4) is 0 Å². The molecular formula is C18H20N6O2. The molecule has 3 rings (SSSR count). The molecule has 2 aromatic heterocycles. The molecule has 0 saturated carbocycles. The number of carbonyl (C=O) groups is 1. The van der Waals surface area contributed by atoms with Crippen LogP contribution in [0.15, 0.2) is 55.2 Å². The quantitative estimate of drug-likeness (QED) is 0.698. The summed E-state index contributed by atoms with van der Waals surface area (Å²) in [5, 5.41) is 6.85. The van der Waals surface area contributed by atoms with Gasteiger partial charge < -0.3 is 15.0 Å². The van der Waals surface area contributed by atoms with Gasteiger partial charge in [-0.15, -0.1) is 0 Å². The monoisotopic (exact) mass is 352 g/mol. The largest absolute Gasteiger partial charge is 0.491 e. The molecule has 0 saturated heterocycles. The molecule has 8 heteroatoms. The van der Waals surface area contributed by atoms with E-state index in [4.69, 9.17) is 4.74 Å². The van der Waals surface area contributed by atoms with Crippen LogP contribution < -0.4 is 10.1 Å². The Labute approximate surface area is 151 Å². The van der Waals surface area contributed by atoms with Crippen LogP contribution in [0.5, 0.6) is 5.75 Å². The fraction of sp³-hybridized carbons (Fsp3) is 0.222. The van der Waals surface area contributed by atoms with E-state index in [1.54, 1.807) is 47.5 Å². The number of aromatic nitrogens is 4. The molecule has 0 aliphatic rings. The number of rotatable bonds is 7. The minimum atomic E-state index is -0.249. The highest BCUT2D eigenvalue weighted by Crippen LogP contribution is 2.20. The first kappa shape index (κ1) is 17.6. The van der Waals surface area contributed by atoms with Gasteiger partial charge in [0.05, 0.1) is 17.4 Å². The summed E-state index contributed by atoms with van der Waals surface area (Å²) in [6.07, 6.45) is 4.57. The van der Waals surface area contributed by atoms with Crippen molar-refractivity contribution in [3.63, 3.8) is 0 Å². The van der Waals surface area contributed by atoms with Gasteiger partial charge in [0.2, 0.25) is 0 Å². The zero-order valence-electron chi connectivity index (χ0n) is 14.7. The molecule has 0 aliphatic carbocycles. The predicted molar refractivity (Wildman–Crippen MR) is 97.6 cm³/mol. The topological polar surface area (TPSA) is 85.2 Å². The van der Waals surface area contributed by atoms with Crippen LogP contribution in [0.2, 0.25) is 0 Å². The molecule has 1 aromatic carbocycles. The number of amides is 1. The highest BCUT2D eigenvalue weighted by molar-refractivity contribution is 6.06. The van der Waals surface area contributed by atoms with E-state index in [0.29, 0.717) is 29.4 Å². The van der Waals surface area contributed by atoms with E-state index in [2.05, 4.69) is 20.4 Å². The average molecular weight is 352 g/mol. The lowest BCUT2D eigenvalue weighted by atomic mass is 10.2. The van der Waals surface area contributed by atoms with E-state index in [1.807, 2.05) is 25.1 Å². The first-order chi connectivity index (χ1) is 12.6. The number of likely N-dealkylation sites (N-methyl/N-ethyl adjacent to an activating group) is 1. The van der Waals surface area contributed by atoms with Crippen molar-refractivity contribution >= 4 is 11.6 Å². The Balaban J connectivity index is 1.68. The summed E-state index contributed by atoms with van der Waals surface area (Å²) in [5.41, 5.74) is 1.06. The van der Waals surface area contributed by atoms with Crippen molar-refractivity contribution < 1.29 is 9.53 Å². The first-order valence-corrected chi connectivity index (χ1v) is 8.12. The molecule has 0 unspecified atom stereocenters. The van der Waals surface area contributed by atoms with E-state index in [0.717, 1.165) is 6.54 Å². The highest BCUT2D eigenvalue weighted by Gasteiger charge is 2.13. The van der Waals surface area contributed by atoms with Gasteiger partial charge in [-0.05, 0) is 38.4 Å². The molecule has 0 radical (unpaired) electrons. The third-order valence-corrected chi connectivity index (χ3v) is 3.59. The molecule has 0 spiro atoms. The molecule has 1 N–H and O–H groups in total. The smallest absolute Gasteiger partial charge is 0.259 e. The van der Waals surface area contributed by atoms with Crippen molar-refractivity contribution in [2.75, 3.05) is 32.6 Å². The number of pyridine rings is 1. The summed E-state index contributed by atoms with van der Waals surface area (Å²) in [4.78, 5) is 22.8. The number of anilines is 1. The summed E-state index contributed by atoms with van der Waals surface area (Å²) < 4.78 is 7.28. The second-order valence-corrected chi connectivity index (χ2v) is 5.85. The minimum absolute atomic E-state index is 0.249. The lowest BCUT2D eigenvalue weighted by Crippen LogP contribution is -2.20. The van der Waals surface area contributed by atoms with Crippen molar-refractivity contribution in [3.05, 3.63) is 60.8 Å². The van der Waals surface area contributed by atoms with Gasteiger partial charge in [0, 0.05) is 6.54 Å². The Hall–Kier alpha value is -3.26. The minimum Gasteiger partial charge on any atom is -0.491 e. The van der Waals surface area contributed by atoms with Crippen LogP contribution in [-0.2, 0) is 0 Å². The van der Waals surface area contributed by atoms with Crippen LogP contribution in [-0.4, -0.2) is 57.8 Å². The van der Waals surface area contributed by atoms with Crippen LogP contribution in [0, 0.1) is 0 Å². The molecule has 0 bridgehead atoms. The van der Waals surface area contributed by atoms with Crippen LogP contribution in [0.4, 0.5) is 5.69 Å². The number of hydrogen-bond acceptors (Lipinski definition) is 6. The van der Waals surface area contributed by atoms with E-state index >= 15 is 0 Å². The third kappa shape index (κ3) is 4.42. The van der Waals surface area contributed by atoms with Crippen molar-refractivity contribution in [3.8, 4) is 11.6 Å². The number of nitrogens with one attached hydrogen (secondary N) is 1. The van der Waals surface area contributed by atoms with E-state index in [9.17, 15) is 4.79 Å². The van der Waals surface area contributed by atoms with Gasteiger partial charge in [-0.2, -0.15) is 5.10 Å². The summed E-state index contributed by atoms with van der Waals surface area (Å²) in [5.74, 6) is 0.924. The number of ether oxygens (including phenoxy) is 1. The number of hydrogen-bond donors (Lipinski definition) is 1. The molecular weight excluding hydrogens is 332 g/mol.